The Bertz CT molecular complexity index is 1410. The number of rotatable bonds is 10. The average molecular weight is 623 g/mol. The molecule has 204 valence electrons. The van der Waals surface area contributed by atoms with Gasteiger partial charge in [-0.15, -0.1) is 0 Å². The number of aromatic nitrogens is 1. The zero-order chi connectivity index (χ0) is 28.0. The third-order valence-corrected chi connectivity index (χ3v) is 8.17. The normalized spacial score (nSPS) is 11.1. The molecular formula is C24H23Cl4N3O6S. The molecule has 14 heteroatoms. The quantitative estimate of drug-likeness (QED) is 0.193. The summed E-state index contributed by atoms with van der Waals surface area (Å²) in [5.41, 5.74) is 0.952. The standard InChI is InChI=1S/C24H23Cl4N3O6S/c1-4-36-24(32)31(38(33,34)18-8-6-5-7-17(18)35-3)15-11-14(2)12-16(13-15)37-10-9-29-21-19(25)22(27)30-23(28)20(21)26/h5-8,11-13H,4,9-10H2,1-3H3,(H,29,30). The Hall–Kier alpha value is -2.63. The number of carbonyl (C=O) groups is 1. The van der Waals surface area contributed by atoms with Crippen LogP contribution in [0.2, 0.25) is 20.4 Å². The lowest BCUT2D eigenvalue weighted by molar-refractivity contribution is 0.164. The number of aryl methyl sites for hydroxylation is 1. The molecule has 3 rings (SSSR count). The summed E-state index contributed by atoms with van der Waals surface area (Å²) in [6, 6.07) is 10.6. The fourth-order valence-electron chi connectivity index (χ4n) is 3.37. The fourth-order valence-corrected chi connectivity index (χ4v) is 5.71. The summed E-state index contributed by atoms with van der Waals surface area (Å²) < 4.78 is 43.9. The van der Waals surface area contributed by atoms with Crippen molar-refractivity contribution in [2.24, 2.45) is 0 Å². The maximum absolute atomic E-state index is 13.6. The number of methoxy groups -OCH3 is 1. The van der Waals surface area contributed by atoms with Gasteiger partial charge >= 0.3 is 6.09 Å². The lowest BCUT2D eigenvalue weighted by atomic mass is 10.2. The molecule has 2 aromatic carbocycles. The minimum Gasteiger partial charge on any atom is -0.495 e. The first-order valence-electron chi connectivity index (χ1n) is 11.0. The molecule has 0 bridgehead atoms. The topological polar surface area (TPSA) is 107 Å². The van der Waals surface area contributed by atoms with E-state index in [1.165, 1.54) is 37.4 Å². The SMILES string of the molecule is CCOC(=O)N(c1cc(C)cc(OCCNc2c(Cl)c(Cl)nc(Cl)c2Cl)c1)S(=O)(=O)c1ccccc1OC. The third kappa shape index (κ3) is 6.68. The van der Waals surface area contributed by atoms with E-state index in [1.807, 2.05) is 0 Å². The van der Waals surface area contributed by atoms with E-state index in [0.717, 1.165) is 0 Å². The number of hydrogen-bond acceptors (Lipinski definition) is 8. The van der Waals surface area contributed by atoms with Crippen molar-refractivity contribution in [2.75, 3.05) is 36.5 Å². The maximum Gasteiger partial charge on any atom is 0.428 e. The van der Waals surface area contributed by atoms with Crippen molar-refractivity contribution < 1.29 is 27.4 Å². The van der Waals surface area contributed by atoms with Crippen molar-refractivity contribution in [1.82, 2.24) is 4.98 Å². The second kappa shape index (κ2) is 12.9. The van der Waals surface area contributed by atoms with E-state index in [0.29, 0.717) is 21.3 Å². The molecule has 9 nitrogen and oxygen atoms in total. The number of amides is 1. The highest BCUT2D eigenvalue weighted by Crippen LogP contribution is 2.39. The third-order valence-electron chi connectivity index (χ3n) is 4.96. The number of halogens is 4. The number of benzene rings is 2. The van der Waals surface area contributed by atoms with E-state index >= 15 is 0 Å². The van der Waals surface area contributed by atoms with Gasteiger partial charge in [-0.05, 0) is 43.7 Å². The van der Waals surface area contributed by atoms with Gasteiger partial charge in [-0.25, -0.2) is 18.2 Å². The molecule has 1 N–H and O–H groups in total. The Kier molecular flexibility index (Phi) is 10.2. The molecule has 0 radical (unpaired) electrons. The van der Waals surface area contributed by atoms with Crippen LogP contribution < -0.4 is 19.1 Å². The van der Waals surface area contributed by atoms with Gasteiger partial charge in [0.1, 0.15) is 33.0 Å². The number of ether oxygens (including phenoxy) is 3. The van der Waals surface area contributed by atoms with Crippen LogP contribution in [0.4, 0.5) is 16.2 Å². The molecule has 0 saturated heterocycles. The highest BCUT2D eigenvalue weighted by molar-refractivity contribution is 7.93. The summed E-state index contributed by atoms with van der Waals surface area (Å²) in [7, 11) is -3.09. The van der Waals surface area contributed by atoms with Crippen LogP contribution in [0.25, 0.3) is 0 Å². The molecule has 1 aromatic heterocycles. The van der Waals surface area contributed by atoms with Crippen molar-refractivity contribution in [2.45, 2.75) is 18.7 Å². The van der Waals surface area contributed by atoms with Crippen LogP contribution in [0.3, 0.4) is 0 Å². The minimum atomic E-state index is -4.43. The van der Waals surface area contributed by atoms with Crippen LogP contribution in [0.1, 0.15) is 12.5 Å². The van der Waals surface area contributed by atoms with Crippen molar-refractivity contribution in [1.29, 1.82) is 0 Å². The Morgan fingerprint density at radius 3 is 2.34 bits per heavy atom. The van der Waals surface area contributed by atoms with Crippen molar-refractivity contribution in [3.63, 3.8) is 0 Å². The first kappa shape index (κ1) is 29.9. The molecule has 1 amide bonds. The van der Waals surface area contributed by atoms with Gasteiger partial charge in [0.2, 0.25) is 0 Å². The number of pyridine rings is 1. The molecule has 0 aliphatic rings. The summed E-state index contributed by atoms with van der Waals surface area (Å²) in [5, 5.41) is 3.17. The maximum atomic E-state index is 13.6. The Morgan fingerprint density at radius 2 is 1.71 bits per heavy atom. The number of nitrogens with one attached hydrogen (secondary N) is 1. The van der Waals surface area contributed by atoms with Gasteiger partial charge in [-0.1, -0.05) is 58.5 Å². The number of nitrogens with zero attached hydrogens (tertiary/aromatic N) is 2. The van der Waals surface area contributed by atoms with E-state index < -0.39 is 16.1 Å². The number of anilines is 2. The molecule has 0 fully saturated rings. The summed E-state index contributed by atoms with van der Waals surface area (Å²) in [5.74, 6) is 0.375. The smallest absolute Gasteiger partial charge is 0.428 e. The van der Waals surface area contributed by atoms with E-state index in [-0.39, 0.29) is 56.4 Å². The average Bonchev–Trinajstić information content (AvgIpc) is 2.87. The zero-order valence-electron chi connectivity index (χ0n) is 20.4. The lowest BCUT2D eigenvalue weighted by Crippen LogP contribution is -2.37. The summed E-state index contributed by atoms with van der Waals surface area (Å²) in [4.78, 5) is 16.5. The Balaban J connectivity index is 1.88. The second-order valence-electron chi connectivity index (χ2n) is 7.60. The molecule has 0 atom stereocenters. The van der Waals surface area contributed by atoms with Crippen molar-refractivity contribution in [3.8, 4) is 11.5 Å². The molecule has 0 spiro atoms. The number of carbonyl (C=O) groups excluding carboxylic acids is 1. The summed E-state index contributed by atoms with van der Waals surface area (Å²) >= 11 is 24.2. The monoisotopic (exact) mass is 621 g/mol. The van der Waals surface area contributed by atoms with Crippen LogP contribution in [0, 0.1) is 6.92 Å². The molecule has 1 heterocycles. The van der Waals surface area contributed by atoms with Crippen molar-refractivity contribution >= 4 is 73.9 Å². The Morgan fingerprint density at radius 1 is 1.05 bits per heavy atom. The van der Waals surface area contributed by atoms with E-state index in [1.54, 1.807) is 26.0 Å². The highest BCUT2D eigenvalue weighted by Gasteiger charge is 2.35. The highest BCUT2D eigenvalue weighted by atomic mass is 35.5. The van der Waals surface area contributed by atoms with Crippen LogP contribution >= 0.6 is 46.4 Å². The second-order valence-corrected chi connectivity index (χ2v) is 10.8. The van der Waals surface area contributed by atoms with Gasteiger partial charge in [-0.3, -0.25) is 0 Å². The molecular weight excluding hydrogens is 600 g/mol. The van der Waals surface area contributed by atoms with Gasteiger partial charge in [0.15, 0.2) is 10.3 Å². The number of para-hydroxylation sites is 1. The predicted molar refractivity (Wildman–Crippen MR) is 149 cm³/mol. The van der Waals surface area contributed by atoms with Crippen LogP contribution in [-0.2, 0) is 14.8 Å². The Labute approximate surface area is 240 Å². The number of sulfonamides is 1. The van der Waals surface area contributed by atoms with Crippen molar-refractivity contribution in [3.05, 3.63) is 68.4 Å². The summed E-state index contributed by atoms with van der Waals surface area (Å²) in [6.45, 7) is 3.59. The van der Waals surface area contributed by atoms with E-state index in [9.17, 15) is 13.2 Å². The van der Waals surface area contributed by atoms with Crippen LogP contribution in [-0.4, -0.2) is 46.4 Å². The first-order valence-corrected chi connectivity index (χ1v) is 14.0. The number of hydrogen-bond donors (Lipinski definition) is 1. The molecule has 0 saturated carbocycles. The molecule has 0 aliphatic heterocycles. The van der Waals surface area contributed by atoms with Gasteiger partial charge in [0.25, 0.3) is 10.0 Å². The largest absolute Gasteiger partial charge is 0.495 e. The van der Waals surface area contributed by atoms with Gasteiger partial charge in [0.05, 0.1) is 25.1 Å². The molecule has 0 unspecified atom stereocenters. The van der Waals surface area contributed by atoms with E-state index in [2.05, 4.69) is 10.3 Å². The first-order chi connectivity index (χ1) is 18.0. The fraction of sp³-hybridized carbons (Fsp3) is 0.250. The molecule has 0 aliphatic carbocycles. The van der Waals surface area contributed by atoms with Gasteiger partial charge < -0.3 is 19.5 Å². The minimum absolute atomic E-state index is 0.0110. The van der Waals surface area contributed by atoms with Crippen LogP contribution in [0.15, 0.2) is 47.4 Å². The summed E-state index contributed by atoms with van der Waals surface area (Å²) in [6.07, 6.45) is -1.08. The van der Waals surface area contributed by atoms with Gasteiger partial charge in [0, 0.05) is 12.6 Å². The van der Waals surface area contributed by atoms with Gasteiger partial charge in [-0.2, -0.15) is 4.31 Å². The van der Waals surface area contributed by atoms with Crippen LogP contribution in [0.5, 0.6) is 11.5 Å². The lowest BCUT2D eigenvalue weighted by Gasteiger charge is -2.23. The predicted octanol–water partition coefficient (Wildman–Crippen LogP) is 6.85. The zero-order valence-corrected chi connectivity index (χ0v) is 24.3. The molecule has 38 heavy (non-hydrogen) atoms. The molecule has 3 aromatic rings. The van der Waals surface area contributed by atoms with E-state index in [4.69, 9.17) is 60.6 Å².